The monoisotopic (exact) mass is 746 g/mol. The lowest BCUT2D eigenvalue weighted by molar-refractivity contribution is -0.161. The van der Waals surface area contributed by atoms with E-state index in [-0.39, 0.29) is 38.6 Å². The molecule has 10 heteroatoms. The summed E-state index contributed by atoms with van der Waals surface area (Å²) in [4.78, 5) is 34.8. The number of allylic oxidation sites excluding steroid dienone is 2. The summed E-state index contributed by atoms with van der Waals surface area (Å²) in [5.74, 6) is -0.821. The summed E-state index contributed by atoms with van der Waals surface area (Å²) < 4.78 is 32.7. The maximum atomic E-state index is 12.6. The zero-order chi connectivity index (χ0) is 37.5. The summed E-state index contributed by atoms with van der Waals surface area (Å²) >= 11 is 0. The molecule has 0 radical (unpaired) electrons. The highest BCUT2D eigenvalue weighted by Gasteiger charge is 2.26. The number of ether oxygens (including phenoxy) is 2. The average molecular weight is 746 g/mol. The van der Waals surface area contributed by atoms with Crippen molar-refractivity contribution in [2.75, 3.05) is 26.4 Å². The normalized spacial score (nSPS) is 13.4. The van der Waals surface area contributed by atoms with Crippen LogP contribution in [0.15, 0.2) is 12.2 Å². The summed E-state index contributed by atoms with van der Waals surface area (Å²) in [7, 11) is -4.37. The number of unbranched alkanes of at least 4 members (excludes halogenated alkanes) is 25. The van der Waals surface area contributed by atoms with E-state index in [4.69, 9.17) is 24.3 Å². The van der Waals surface area contributed by atoms with Gasteiger partial charge in [0, 0.05) is 19.4 Å². The van der Waals surface area contributed by atoms with Crippen molar-refractivity contribution in [2.24, 2.45) is 5.73 Å². The maximum Gasteiger partial charge on any atom is 0.472 e. The minimum atomic E-state index is -4.37. The van der Waals surface area contributed by atoms with Gasteiger partial charge in [0.1, 0.15) is 6.61 Å². The lowest BCUT2D eigenvalue weighted by Gasteiger charge is -2.19. The molecule has 0 saturated heterocycles. The Morgan fingerprint density at radius 3 is 1.45 bits per heavy atom. The Morgan fingerprint density at radius 2 is 0.980 bits per heavy atom. The molecule has 2 atom stereocenters. The smallest absolute Gasteiger partial charge is 0.462 e. The number of carbonyl (C=O) groups excluding carboxylic acids is 2. The molecule has 302 valence electrons. The van der Waals surface area contributed by atoms with E-state index in [1.54, 1.807) is 0 Å². The molecule has 0 aliphatic carbocycles. The average Bonchev–Trinajstić information content (AvgIpc) is 3.11. The Morgan fingerprint density at radius 1 is 0.569 bits per heavy atom. The second-order valence-corrected chi connectivity index (χ2v) is 15.7. The van der Waals surface area contributed by atoms with Crippen molar-refractivity contribution in [3.63, 3.8) is 0 Å². The van der Waals surface area contributed by atoms with Crippen molar-refractivity contribution in [1.82, 2.24) is 0 Å². The minimum Gasteiger partial charge on any atom is -0.462 e. The summed E-state index contributed by atoms with van der Waals surface area (Å²) in [5, 5.41) is 0. The Labute approximate surface area is 313 Å². The third kappa shape index (κ3) is 38.3. The fourth-order valence-electron chi connectivity index (χ4n) is 5.97. The van der Waals surface area contributed by atoms with E-state index >= 15 is 0 Å². The molecule has 0 aromatic heterocycles. The van der Waals surface area contributed by atoms with Gasteiger partial charge in [-0.2, -0.15) is 0 Å². The van der Waals surface area contributed by atoms with Gasteiger partial charge in [-0.3, -0.25) is 18.6 Å². The fraction of sp³-hybridized carbons (Fsp3) is 0.902. The van der Waals surface area contributed by atoms with E-state index in [2.05, 4.69) is 26.0 Å². The van der Waals surface area contributed by atoms with Crippen LogP contribution in [0.2, 0.25) is 0 Å². The van der Waals surface area contributed by atoms with Crippen LogP contribution in [0.1, 0.15) is 206 Å². The molecule has 0 aromatic rings. The maximum absolute atomic E-state index is 12.6. The number of phosphoric acid groups is 1. The van der Waals surface area contributed by atoms with Gasteiger partial charge in [-0.05, 0) is 32.1 Å². The highest BCUT2D eigenvalue weighted by atomic mass is 31.2. The van der Waals surface area contributed by atoms with Crippen LogP contribution in [-0.2, 0) is 32.7 Å². The molecule has 0 saturated carbocycles. The molecule has 0 aliphatic rings. The van der Waals surface area contributed by atoms with Crippen LogP contribution >= 0.6 is 7.82 Å². The second-order valence-electron chi connectivity index (χ2n) is 14.2. The van der Waals surface area contributed by atoms with Gasteiger partial charge in [-0.1, -0.05) is 174 Å². The van der Waals surface area contributed by atoms with E-state index in [1.807, 2.05) is 0 Å². The van der Waals surface area contributed by atoms with E-state index in [0.717, 1.165) is 38.5 Å². The van der Waals surface area contributed by atoms with Crippen molar-refractivity contribution >= 4 is 19.8 Å². The topological polar surface area (TPSA) is 134 Å². The molecule has 3 N–H and O–H groups in total. The molecule has 0 heterocycles. The largest absolute Gasteiger partial charge is 0.472 e. The van der Waals surface area contributed by atoms with Gasteiger partial charge >= 0.3 is 19.8 Å². The predicted octanol–water partition coefficient (Wildman–Crippen LogP) is 11.8. The van der Waals surface area contributed by atoms with Crippen LogP contribution in [0.4, 0.5) is 0 Å². The molecule has 0 rings (SSSR count). The molecule has 0 aliphatic heterocycles. The highest BCUT2D eigenvalue weighted by Crippen LogP contribution is 2.43. The molecule has 0 aromatic carbocycles. The third-order valence-electron chi connectivity index (χ3n) is 9.15. The number of hydrogen-bond donors (Lipinski definition) is 2. The first-order valence-corrected chi connectivity index (χ1v) is 22.7. The zero-order valence-electron chi connectivity index (χ0n) is 33.1. The molecular formula is C41H80NO8P. The highest BCUT2D eigenvalue weighted by molar-refractivity contribution is 7.47. The molecule has 0 bridgehead atoms. The van der Waals surface area contributed by atoms with Crippen molar-refractivity contribution < 1.29 is 37.6 Å². The zero-order valence-corrected chi connectivity index (χ0v) is 34.0. The molecule has 0 spiro atoms. The van der Waals surface area contributed by atoms with Gasteiger partial charge in [0.05, 0.1) is 13.2 Å². The Balaban J connectivity index is 4.13. The predicted molar refractivity (Wildman–Crippen MR) is 211 cm³/mol. The summed E-state index contributed by atoms with van der Waals surface area (Å²) in [6.45, 7) is 3.72. The quantitative estimate of drug-likeness (QED) is 0.0272. The first-order valence-electron chi connectivity index (χ1n) is 21.2. The molecule has 51 heavy (non-hydrogen) atoms. The minimum absolute atomic E-state index is 0.0559. The summed E-state index contributed by atoms with van der Waals surface area (Å²) in [6.07, 6.45) is 38.0. The molecular weight excluding hydrogens is 665 g/mol. The number of rotatable bonds is 40. The number of hydrogen-bond acceptors (Lipinski definition) is 8. The standard InChI is InChI=1S/C41H80NO8P/c1-3-5-7-9-11-13-15-17-19-21-23-25-27-29-31-33-40(43)47-37-39(38-49-51(45,46)48-36-35-42)50-41(44)34-32-30-28-26-24-22-20-18-16-14-12-10-8-6-4-2/h10,12,39H,3-9,11,13-38,42H2,1-2H3,(H,45,46)/b12-10+/t39-/m1/s1. The van der Waals surface area contributed by atoms with E-state index in [0.29, 0.717) is 6.42 Å². The van der Waals surface area contributed by atoms with Gasteiger partial charge in [0.15, 0.2) is 6.10 Å². The van der Waals surface area contributed by atoms with E-state index in [9.17, 15) is 19.0 Å². The van der Waals surface area contributed by atoms with E-state index in [1.165, 1.54) is 135 Å². The lowest BCUT2D eigenvalue weighted by Crippen LogP contribution is -2.29. The van der Waals surface area contributed by atoms with Gasteiger partial charge in [-0.25, -0.2) is 4.57 Å². The first-order chi connectivity index (χ1) is 24.8. The van der Waals surface area contributed by atoms with Crippen LogP contribution in [0.5, 0.6) is 0 Å². The third-order valence-corrected chi connectivity index (χ3v) is 10.1. The Hall–Kier alpha value is -1.25. The van der Waals surface area contributed by atoms with Gasteiger partial charge in [-0.15, -0.1) is 0 Å². The number of nitrogens with two attached hydrogens (primary N) is 1. The van der Waals surface area contributed by atoms with Crippen molar-refractivity contribution in [3.8, 4) is 0 Å². The van der Waals surface area contributed by atoms with Gasteiger partial charge in [0.25, 0.3) is 0 Å². The first kappa shape index (κ1) is 49.8. The molecule has 0 amide bonds. The van der Waals surface area contributed by atoms with Gasteiger partial charge < -0.3 is 20.1 Å². The Bertz CT molecular complexity index is 856. The van der Waals surface area contributed by atoms with Crippen molar-refractivity contribution in [1.29, 1.82) is 0 Å². The van der Waals surface area contributed by atoms with Crippen LogP contribution in [0.3, 0.4) is 0 Å². The van der Waals surface area contributed by atoms with Crippen LogP contribution in [0, 0.1) is 0 Å². The fourth-order valence-corrected chi connectivity index (χ4v) is 6.73. The molecule has 1 unspecified atom stereocenters. The lowest BCUT2D eigenvalue weighted by atomic mass is 10.0. The number of carbonyl (C=O) groups is 2. The molecule has 0 fully saturated rings. The van der Waals surface area contributed by atoms with Gasteiger partial charge in [0.2, 0.25) is 0 Å². The Kier molecular flexibility index (Phi) is 37.5. The summed E-state index contributed by atoms with van der Waals surface area (Å²) in [6, 6.07) is 0. The molecule has 9 nitrogen and oxygen atoms in total. The van der Waals surface area contributed by atoms with Crippen LogP contribution in [-0.4, -0.2) is 49.3 Å². The summed E-state index contributed by atoms with van der Waals surface area (Å²) in [5.41, 5.74) is 5.34. The van der Waals surface area contributed by atoms with E-state index < -0.39 is 26.5 Å². The SMILES string of the molecule is CCCC/C=C/CCCCCCCCCCCC(=O)O[C@H](COC(=O)CCCCCCCCCCCCCCCCC)COP(=O)(O)OCCN. The number of phosphoric ester groups is 1. The van der Waals surface area contributed by atoms with Crippen LogP contribution < -0.4 is 5.73 Å². The van der Waals surface area contributed by atoms with Crippen molar-refractivity contribution in [3.05, 3.63) is 12.2 Å². The number of esters is 2. The van der Waals surface area contributed by atoms with Crippen LogP contribution in [0.25, 0.3) is 0 Å². The van der Waals surface area contributed by atoms with Crippen molar-refractivity contribution in [2.45, 2.75) is 213 Å². The second kappa shape index (κ2) is 38.5.